The van der Waals surface area contributed by atoms with Crippen LogP contribution in [-0.2, 0) is 39.8 Å². The average molecular weight is 448 g/mol. The molecule has 1 aromatic heterocycles. The van der Waals surface area contributed by atoms with Gasteiger partial charge in [-0.1, -0.05) is 65.0 Å². The van der Waals surface area contributed by atoms with Crippen LogP contribution >= 0.6 is 0 Å². The van der Waals surface area contributed by atoms with Crippen LogP contribution < -0.4 is 4.57 Å². The molecule has 0 atom stereocenters. The number of hydrogen-bond donors (Lipinski definition) is 0. The van der Waals surface area contributed by atoms with Gasteiger partial charge in [0, 0.05) is 44.1 Å². The number of fused-ring (bicyclic) bond motifs is 2. The van der Waals surface area contributed by atoms with Crippen molar-refractivity contribution in [3.63, 3.8) is 0 Å². The second kappa shape index (κ2) is 8.14. The van der Waals surface area contributed by atoms with Crippen LogP contribution in [0.5, 0.6) is 0 Å². The molecule has 0 unspecified atom stereocenters. The van der Waals surface area contributed by atoms with Crippen LogP contribution in [0.4, 0.5) is 0 Å². The molecule has 0 spiro atoms. The quantitative estimate of drug-likeness (QED) is 0.259. The molecule has 1 radical (unpaired) electrons. The number of aromatic nitrogens is 2. The van der Waals surface area contributed by atoms with Gasteiger partial charge >= 0.3 is 0 Å². The molecule has 0 fully saturated rings. The third-order valence-corrected chi connectivity index (χ3v) is 5.32. The summed E-state index contributed by atoms with van der Waals surface area (Å²) in [6, 6.07) is 32.3. The maximum absolute atomic E-state index is 4.61. The van der Waals surface area contributed by atoms with Crippen molar-refractivity contribution in [3.05, 3.63) is 96.8 Å². The van der Waals surface area contributed by atoms with Crippen molar-refractivity contribution >= 4 is 21.5 Å². The minimum absolute atomic E-state index is 0. The fourth-order valence-electron chi connectivity index (χ4n) is 3.77. The van der Waals surface area contributed by atoms with Crippen molar-refractivity contribution in [3.8, 4) is 22.5 Å². The molecule has 1 heterocycles. The van der Waals surface area contributed by atoms with E-state index >= 15 is 0 Å². The molecule has 3 heteroatoms. The zero-order valence-corrected chi connectivity index (χ0v) is 19.3. The van der Waals surface area contributed by atoms with Gasteiger partial charge in [0.15, 0.2) is 0 Å². The van der Waals surface area contributed by atoms with E-state index in [0.29, 0.717) is 0 Å². The van der Waals surface area contributed by atoms with Crippen molar-refractivity contribution in [2.75, 3.05) is 0 Å². The summed E-state index contributed by atoms with van der Waals surface area (Å²) in [5.74, 6) is 0. The normalized spacial score (nSPS) is 10.8. The van der Waals surface area contributed by atoms with E-state index in [9.17, 15) is 0 Å². The van der Waals surface area contributed by atoms with Crippen LogP contribution in [0, 0.1) is 19.1 Å². The van der Waals surface area contributed by atoms with E-state index in [4.69, 9.17) is 0 Å². The molecule has 0 saturated heterocycles. The zero-order chi connectivity index (χ0) is 19.1. The van der Waals surface area contributed by atoms with Gasteiger partial charge in [0.1, 0.15) is 0 Å². The standard InChI is InChI=1S/C26H19N2.Y/c1-18-23-10-6-5-8-20(23)13-14-24(18)26-16-25(27-17-28(26)2)22-12-11-19-7-3-4-9-21(19)15-22;/h3-14,17H,1-2H3;/q-1;. The van der Waals surface area contributed by atoms with Crippen molar-refractivity contribution in [1.29, 1.82) is 0 Å². The van der Waals surface area contributed by atoms with E-state index in [0.717, 1.165) is 22.3 Å². The second-order valence-corrected chi connectivity index (χ2v) is 7.10. The molecular weight excluding hydrogens is 429 g/mol. The van der Waals surface area contributed by atoms with Gasteiger partial charge in [-0.2, -0.15) is 17.7 Å². The third-order valence-electron chi connectivity index (χ3n) is 5.32. The molecule has 29 heavy (non-hydrogen) atoms. The first-order valence-corrected chi connectivity index (χ1v) is 9.39. The van der Waals surface area contributed by atoms with E-state index < -0.39 is 0 Å². The van der Waals surface area contributed by atoms with Gasteiger partial charge in [0.05, 0.1) is 7.05 Å². The van der Waals surface area contributed by atoms with Gasteiger partial charge in [0.2, 0.25) is 0 Å². The van der Waals surface area contributed by atoms with Gasteiger partial charge < -0.3 is 0 Å². The Hall–Kier alpha value is -2.42. The SMILES string of the molecule is Cc1c(-c2[c-]c(-c3[c-]c4ccccc4cc3)nc[n+]2C)ccc2ccccc12.[Y]. The predicted octanol–water partition coefficient (Wildman–Crippen LogP) is 5.45. The van der Waals surface area contributed by atoms with E-state index in [1.165, 1.54) is 27.3 Å². The Morgan fingerprint density at radius 1 is 0.793 bits per heavy atom. The molecule has 0 aliphatic carbocycles. The first kappa shape index (κ1) is 19.9. The summed E-state index contributed by atoms with van der Waals surface area (Å²) in [5.41, 5.74) is 5.22. The molecule has 0 aliphatic heterocycles. The van der Waals surface area contributed by atoms with Crippen molar-refractivity contribution in [1.82, 2.24) is 4.98 Å². The summed E-state index contributed by atoms with van der Waals surface area (Å²) in [7, 11) is 2.02. The first-order valence-electron chi connectivity index (χ1n) is 9.39. The van der Waals surface area contributed by atoms with Crippen LogP contribution in [0.1, 0.15) is 5.56 Å². The Morgan fingerprint density at radius 2 is 1.52 bits per heavy atom. The van der Waals surface area contributed by atoms with E-state index in [1.807, 2.05) is 30.1 Å². The maximum Gasteiger partial charge on any atom is 0.274 e. The molecule has 5 rings (SSSR count). The predicted molar refractivity (Wildman–Crippen MR) is 114 cm³/mol. The molecular formula is C26H19N2Y-. The topological polar surface area (TPSA) is 16.8 Å². The number of benzene rings is 4. The van der Waals surface area contributed by atoms with Crippen LogP contribution in [0.2, 0.25) is 0 Å². The fraction of sp³-hybridized carbons (Fsp3) is 0.0769. The van der Waals surface area contributed by atoms with E-state index in [1.54, 1.807) is 0 Å². The Kier molecular flexibility index (Phi) is 5.58. The van der Waals surface area contributed by atoms with Gasteiger partial charge in [0.25, 0.3) is 6.33 Å². The Balaban J connectivity index is 0.00000205. The fourth-order valence-corrected chi connectivity index (χ4v) is 3.77. The van der Waals surface area contributed by atoms with Gasteiger partial charge in [-0.3, -0.25) is 4.57 Å². The molecule has 2 nitrogen and oxygen atoms in total. The molecule has 0 bridgehead atoms. The number of rotatable bonds is 2. The molecule has 0 saturated carbocycles. The molecule has 4 aromatic carbocycles. The number of nitrogens with zero attached hydrogens (tertiary/aromatic N) is 2. The minimum atomic E-state index is 0. The summed E-state index contributed by atoms with van der Waals surface area (Å²) in [6.07, 6.45) is 1.86. The summed E-state index contributed by atoms with van der Waals surface area (Å²) in [5, 5.41) is 4.79. The molecule has 0 aliphatic rings. The molecule has 137 valence electrons. The summed E-state index contributed by atoms with van der Waals surface area (Å²) in [6.45, 7) is 2.17. The molecule has 0 amide bonds. The van der Waals surface area contributed by atoms with Crippen LogP contribution in [0.15, 0.2) is 79.1 Å². The van der Waals surface area contributed by atoms with Crippen molar-refractivity contribution in [2.45, 2.75) is 6.92 Å². The Bertz CT molecular complexity index is 1340. The first-order chi connectivity index (χ1) is 13.7. The van der Waals surface area contributed by atoms with Crippen molar-refractivity contribution in [2.24, 2.45) is 7.05 Å². The van der Waals surface area contributed by atoms with Crippen LogP contribution in [0.25, 0.3) is 44.1 Å². The van der Waals surface area contributed by atoms with E-state index in [-0.39, 0.29) is 32.7 Å². The minimum Gasteiger partial charge on any atom is -0.257 e. The Morgan fingerprint density at radius 3 is 2.38 bits per heavy atom. The molecule has 0 N–H and O–H groups in total. The summed E-state index contributed by atoms with van der Waals surface area (Å²) in [4.78, 5) is 4.61. The molecule has 5 aromatic rings. The summed E-state index contributed by atoms with van der Waals surface area (Å²) >= 11 is 0. The van der Waals surface area contributed by atoms with Gasteiger partial charge in [-0.15, -0.1) is 34.6 Å². The second-order valence-electron chi connectivity index (χ2n) is 7.10. The third kappa shape index (κ3) is 3.63. The summed E-state index contributed by atoms with van der Waals surface area (Å²) < 4.78 is 2.03. The zero-order valence-electron chi connectivity index (χ0n) is 16.5. The average Bonchev–Trinajstić information content (AvgIpc) is 2.74. The van der Waals surface area contributed by atoms with Crippen LogP contribution in [-0.4, -0.2) is 4.98 Å². The Labute approximate surface area is 196 Å². The maximum atomic E-state index is 4.61. The number of hydrogen-bond acceptors (Lipinski definition) is 1. The smallest absolute Gasteiger partial charge is 0.257 e. The van der Waals surface area contributed by atoms with Crippen LogP contribution in [0.3, 0.4) is 0 Å². The number of aryl methyl sites for hydroxylation is 2. The largest absolute Gasteiger partial charge is 0.274 e. The van der Waals surface area contributed by atoms with Gasteiger partial charge in [-0.05, 0) is 17.7 Å². The van der Waals surface area contributed by atoms with Gasteiger partial charge in [-0.25, -0.2) is 0 Å². The monoisotopic (exact) mass is 448 g/mol. The van der Waals surface area contributed by atoms with E-state index in [2.05, 4.69) is 84.7 Å². The van der Waals surface area contributed by atoms with Crippen molar-refractivity contribution < 1.29 is 37.3 Å².